The van der Waals surface area contributed by atoms with E-state index in [1.807, 2.05) is 19.1 Å². The van der Waals surface area contributed by atoms with Crippen molar-refractivity contribution in [1.29, 1.82) is 0 Å². The average molecular weight is 675 g/mol. The van der Waals surface area contributed by atoms with E-state index < -0.39 is 0 Å². The third-order valence-corrected chi connectivity index (χ3v) is 10.5. The standard InChI is InChI=1S/C50H46N2/c1-5-7-8-17-34(3)30-38(16-6-2)48-42-22-11-12-23-43(42)49(39-27-26-36-19-9-10-20-37(36)32-39)45-33-40(28-29-44(45)48)50-51-46-24-13-14-25-47(46)52(50)41-21-15-18-35(4)31-41/h5-9,11-19,21-30,32-33,35,50-51H,3,10,20,31H2,1-2,4H3/b7-5-,16-6-,17-8-,38-30+. The van der Waals surface area contributed by atoms with Gasteiger partial charge in [0, 0.05) is 5.70 Å². The summed E-state index contributed by atoms with van der Waals surface area (Å²) >= 11 is 0. The Morgan fingerprint density at radius 3 is 2.52 bits per heavy atom. The molecular formula is C50H46N2. The Morgan fingerprint density at radius 2 is 1.67 bits per heavy atom. The number of aryl methyl sites for hydroxylation is 1. The van der Waals surface area contributed by atoms with Crippen molar-refractivity contribution in [3.63, 3.8) is 0 Å². The summed E-state index contributed by atoms with van der Waals surface area (Å²) in [5.41, 5.74) is 13.6. The molecule has 2 heteroatoms. The monoisotopic (exact) mass is 674 g/mol. The van der Waals surface area contributed by atoms with Crippen molar-refractivity contribution in [2.45, 2.75) is 46.2 Å². The molecule has 0 saturated heterocycles. The molecule has 2 unspecified atom stereocenters. The maximum absolute atomic E-state index is 4.42. The van der Waals surface area contributed by atoms with Gasteiger partial charge in [0.05, 0.1) is 11.4 Å². The van der Waals surface area contributed by atoms with Gasteiger partial charge in [0.2, 0.25) is 0 Å². The van der Waals surface area contributed by atoms with E-state index in [2.05, 4.69) is 176 Å². The summed E-state index contributed by atoms with van der Waals surface area (Å²) in [5.74, 6) is 0.490. The molecule has 52 heavy (non-hydrogen) atoms. The minimum atomic E-state index is -0.0368. The Kier molecular flexibility index (Phi) is 9.22. The third-order valence-electron chi connectivity index (χ3n) is 10.5. The Hall–Kier alpha value is -5.86. The van der Waals surface area contributed by atoms with E-state index in [9.17, 15) is 0 Å². The molecular weight excluding hydrogens is 629 g/mol. The highest BCUT2D eigenvalue weighted by atomic mass is 15.3. The first kappa shape index (κ1) is 33.3. The molecule has 8 rings (SSSR count). The summed E-state index contributed by atoms with van der Waals surface area (Å²) in [6, 6.07) is 32.0. The number of hydrogen-bond donors (Lipinski definition) is 1. The zero-order valence-electron chi connectivity index (χ0n) is 30.4. The van der Waals surface area contributed by atoms with Crippen LogP contribution in [0.25, 0.3) is 44.3 Å². The molecule has 3 aliphatic rings. The van der Waals surface area contributed by atoms with E-state index >= 15 is 0 Å². The minimum absolute atomic E-state index is 0.0368. The van der Waals surface area contributed by atoms with Crippen molar-refractivity contribution in [2.24, 2.45) is 5.92 Å². The van der Waals surface area contributed by atoms with Gasteiger partial charge in [-0.1, -0.05) is 141 Å². The van der Waals surface area contributed by atoms with Gasteiger partial charge < -0.3 is 10.2 Å². The fourth-order valence-corrected chi connectivity index (χ4v) is 8.21. The minimum Gasteiger partial charge on any atom is -0.359 e. The largest absolute Gasteiger partial charge is 0.359 e. The lowest BCUT2D eigenvalue weighted by Gasteiger charge is -2.32. The van der Waals surface area contributed by atoms with Crippen LogP contribution in [0.1, 0.15) is 62.0 Å². The second-order valence-electron chi connectivity index (χ2n) is 14.2. The zero-order chi connectivity index (χ0) is 35.6. The van der Waals surface area contributed by atoms with Crippen molar-refractivity contribution in [1.82, 2.24) is 0 Å². The van der Waals surface area contributed by atoms with E-state index in [-0.39, 0.29) is 6.17 Å². The molecule has 2 nitrogen and oxygen atoms in total. The Balaban J connectivity index is 1.40. The molecule has 2 aliphatic carbocycles. The smallest absolute Gasteiger partial charge is 0.130 e. The van der Waals surface area contributed by atoms with Crippen LogP contribution in [0, 0.1) is 5.92 Å². The molecule has 0 spiro atoms. The number of allylic oxidation sites excluding steroid dienone is 14. The molecule has 0 fully saturated rings. The highest BCUT2D eigenvalue weighted by molar-refractivity contribution is 6.19. The molecule has 256 valence electrons. The lowest BCUT2D eigenvalue weighted by atomic mass is 9.83. The molecule has 5 aromatic rings. The number of anilines is 2. The Bertz CT molecular complexity index is 2420. The fourth-order valence-electron chi connectivity index (χ4n) is 8.21. The molecule has 1 heterocycles. The van der Waals surface area contributed by atoms with Gasteiger partial charge in [0.15, 0.2) is 0 Å². The first-order chi connectivity index (χ1) is 25.5. The molecule has 0 radical (unpaired) electrons. The van der Waals surface area contributed by atoms with Crippen molar-refractivity contribution in [3.8, 4) is 11.1 Å². The zero-order valence-corrected chi connectivity index (χ0v) is 30.4. The number of benzene rings is 5. The van der Waals surface area contributed by atoms with Crippen LogP contribution in [0.15, 0.2) is 170 Å². The van der Waals surface area contributed by atoms with E-state index in [1.54, 1.807) is 0 Å². The van der Waals surface area contributed by atoms with Crippen molar-refractivity contribution >= 4 is 44.6 Å². The third kappa shape index (κ3) is 6.20. The Labute approximate surface area is 308 Å². The van der Waals surface area contributed by atoms with Crippen molar-refractivity contribution < 1.29 is 0 Å². The van der Waals surface area contributed by atoms with Crippen LogP contribution >= 0.6 is 0 Å². The lowest BCUT2D eigenvalue weighted by molar-refractivity contribution is 0.656. The second kappa shape index (κ2) is 14.4. The van der Waals surface area contributed by atoms with Gasteiger partial charge in [-0.15, -0.1) is 0 Å². The van der Waals surface area contributed by atoms with Gasteiger partial charge in [-0.05, 0) is 135 Å². The van der Waals surface area contributed by atoms with Crippen LogP contribution < -0.4 is 10.2 Å². The van der Waals surface area contributed by atoms with Crippen LogP contribution in [-0.2, 0) is 6.42 Å². The number of fused-ring (bicyclic) bond motifs is 4. The van der Waals surface area contributed by atoms with Crippen LogP contribution in [0.2, 0.25) is 0 Å². The summed E-state index contributed by atoms with van der Waals surface area (Å²) in [7, 11) is 0. The SMILES string of the molecule is C=C(/C=C\C=C/C)/C=C(\C=C/C)c1c2ccccc2c(-c2ccc3c(c2)CCC=C3)c2cc(C3Nc4ccccc4N3C3=CC=CC(C)C3)ccc12. The topological polar surface area (TPSA) is 15.3 Å². The van der Waals surface area contributed by atoms with Gasteiger partial charge in [0.25, 0.3) is 0 Å². The average Bonchev–Trinajstić information content (AvgIpc) is 3.56. The number of hydrogen-bond acceptors (Lipinski definition) is 2. The van der Waals surface area contributed by atoms with Gasteiger partial charge in [-0.25, -0.2) is 0 Å². The van der Waals surface area contributed by atoms with Gasteiger partial charge in [-0.2, -0.15) is 0 Å². The number of rotatable bonds is 8. The summed E-state index contributed by atoms with van der Waals surface area (Å²) < 4.78 is 0. The molecule has 1 N–H and O–H groups in total. The highest BCUT2D eigenvalue weighted by Gasteiger charge is 2.33. The normalized spacial score (nSPS) is 18.5. The molecule has 0 bridgehead atoms. The first-order valence-electron chi connectivity index (χ1n) is 18.7. The van der Waals surface area contributed by atoms with E-state index in [1.165, 1.54) is 72.0 Å². The summed E-state index contributed by atoms with van der Waals surface area (Å²) in [6.07, 6.45) is 29.3. The van der Waals surface area contributed by atoms with Gasteiger partial charge >= 0.3 is 0 Å². The fraction of sp³-hybridized carbons (Fsp3) is 0.160. The van der Waals surface area contributed by atoms with E-state index in [0.29, 0.717) is 5.92 Å². The number of para-hydroxylation sites is 2. The second-order valence-corrected chi connectivity index (χ2v) is 14.2. The predicted octanol–water partition coefficient (Wildman–Crippen LogP) is 13.7. The maximum atomic E-state index is 4.42. The molecule has 1 aliphatic heterocycles. The summed E-state index contributed by atoms with van der Waals surface area (Å²) in [5, 5.41) is 8.92. The Morgan fingerprint density at radius 1 is 0.846 bits per heavy atom. The van der Waals surface area contributed by atoms with Gasteiger partial charge in [0.1, 0.15) is 6.17 Å². The molecule has 5 aromatic carbocycles. The predicted molar refractivity (Wildman–Crippen MR) is 226 cm³/mol. The molecule has 0 amide bonds. The van der Waals surface area contributed by atoms with Crippen molar-refractivity contribution in [3.05, 3.63) is 192 Å². The lowest BCUT2D eigenvalue weighted by Crippen LogP contribution is -2.28. The van der Waals surface area contributed by atoms with Crippen molar-refractivity contribution in [2.75, 3.05) is 10.2 Å². The van der Waals surface area contributed by atoms with E-state index in [0.717, 1.165) is 30.4 Å². The number of nitrogens with one attached hydrogen (secondary N) is 1. The van der Waals surface area contributed by atoms with Crippen LogP contribution in [0.5, 0.6) is 0 Å². The van der Waals surface area contributed by atoms with Crippen LogP contribution in [-0.4, -0.2) is 0 Å². The molecule has 0 aromatic heterocycles. The van der Waals surface area contributed by atoms with Crippen LogP contribution in [0.4, 0.5) is 11.4 Å². The molecule has 0 saturated carbocycles. The van der Waals surface area contributed by atoms with Gasteiger partial charge in [-0.3, -0.25) is 0 Å². The number of nitrogens with zero attached hydrogens (tertiary/aromatic N) is 1. The quantitative estimate of drug-likeness (QED) is 0.130. The first-order valence-corrected chi connectivity index (χ1v) is 18.7. The summed E-state index contributed by atoms with van der Waals surface area (Å²) in [4.78, 5) is 2.52. The van der Waals surface area contributed by atoms with E-state index in [4.69, 9.17) is 0 Å². The van der Waals surface area contributed by atoms with Crippen LogP contribution in [0.3, 0.4) is 0 Å². The summed E-state index contributed by atoms with van der Waals surface area (Å²) in [6.45, 7) is 10.9. The highest BCUT2D eigenvalue weighted by Crippen LogP contribution is 2.48. The maximum Gasteiger partial charge on any atom is 0.130 e. The molecule has 2 atom stereocenters.